The van der Waals surface area contributed by atoms with Crippen molar-refractivity contribution in [2.24, 2.45) is 5.84 Å². The van der Waals surface area contributed by atoms with Crippen LogP contribution >= 0.6 is 11.6 Å². The van der Waals surface area contributed by atoms with E-state index in [0.29, 0.717) is 6.42 Å². The number of hydrazine groups is 1. The number of hydrogen-bond donors (Lipinski definition) is 2. The lowest BCUT2D eigenvalue weighted by atomic mass is 9.80. The van der Waals surface area contributed by atoms with Gasteiger partial charge in [0.1, 0.15) is 5.82 Å². The largest absolute Gasteiger partial charge is 0.302 e. The van der Waals surface area contributed by atoms with Gasteiger partial charge in [0.25, 0.3) is 0 Å². The zero-order chi connectivity index (χ0) is 15.3. The Balaban J connectivity index is 3.03. The van der Waals surface area contributed by atoms with E-state index in [0.717, 1.165) is 18.4 Å². The highest BCUT2D eigenvalue weighted by Crippen LogP contribution is 2.28. The Labute approximate surface area is 126 Å². The number of nitrogens with one attached hydrogen (secondary N) is 1. The lowest BCUT2D eigenvalue weighted by Crippen LogP contribution is -2.61. The van der Waals surface area contributed by atoms with Crippen LogP contribution < -0.4 is 11.3 Å². The highest BCUT2D eigenvalue weighted by atomic mass is 35.5. The van der Waals surface area contributed by atoms with E-state index < -0.39 is 0 Å². The van der Waals surface area contributed by atoms with Gasteiger partial charge >= 0.3 is 0 Å². The number of nitrogens with zero attached hydrogens (tertiary/aromatic N) is 1. The molecular weight excluding hydrogens is 277 g/mol. The summed E-state index contributed by atoms with van der Waals surface area (Å²) < 4.78 is 13.6. The fourth-order valence-electron chi connectivity index (χ4n) is 2.99. The summed E-state index contributed by atoms with van der Waals surface area (Å²) in [7, 11) is 4.11. The Bertz CT molecular complexity index is 433. The van der Waals surface area contributed by atoms with Crippen LogP contribution in [0.25, 0.3) is 0 Å². The van der Waals surface area contributed by atoms with Crippen LogP contribution in [0.5, 0.6) is 0 Å². The van der Waals surface area contributed by atoms with Crippen molar-refractivity contribution in [1.29, 1.82) is 0 Å². The summed E-state index contributed by atoms with van der Waals surface area (Å²) >= 11 is 5.72. The van der Waals surface area contributed by atoms with Crippen molar-refractivity contribution < 1.29 is 4.39 Å². The summed E-state index contributed by atoms with van der Waals surface area (Å²) in [5, 5.41) is 0.149. The zero-order valence-electron chi connectivity index (χ0n) is 12.7. The summed E-state index contributed by atoms with van der Waals surface area (Å²) in [6.07, 6.45) is 2.58. The molecule has 0 amide bonds. The van der Waals surface area contributed by atoms with E-state index in [1.807, 2.05) is 6.07 Å². The minimum Gasteiger partial charge on any atom is -0.302 e. The van der Waals surface area contributed by atoms with Crippen LogP contribution in [-0.2, 0) is 6.42 Å². The lowest BCUT2D eigenvalue weighted by Gasteiger charge is -2.45. The van der Waals surface area contributed by atoms with Crippen LogP contribution in [0.2, 0.25) is 5.02 Å². The summed E-state index contributed by atoms with van der Waals surface area (Å²) in [6, 6.07) is 4.96. The third-order valence-corrected chi connectivity index (χ3v) is 4.70. The van der Waals surface area contributed by atoms with Gasteiger partial charge in [0.15, 0.2) is 0 Å². The second kappa shape index (κ2) is 7.36. The molecule has 114 valence electrons. The smallest absolute Gasteiger partial charge is 0.142 e. The summed E-state index contributed by atoms with van der Waals surface area (Å²) in [4.78, 5) is 2.20. The molecule has 5 heteroatoms. The van der Waals surface area contributed by atoms with Crippen molar-refractivity contribution in [2.45, 2.75) is 44.7 Å². The van der Waals surface area contributed by atoms with E-state index in [1.165, 1.54) is 6.07 Å². The van der Waals surface area contributed by atoms with Gasteiger partial charge in [-0.25, -0.2) is 4.39 Å². The molecule has 1 aromatic carbocycles. The number of halogens is 2. The first-order valence-electron chi connectivity index (χ1n) is 6.98. The Morgan fingerprint density at radius 3 is 2.35 bits per heavy atom. The van der Waals surface area contributed by atoms with Gasteiger partial charge in [-0.15, -0.1) is 0 Å². The van der Waals surface area contributed by atoms with E-state index in [4.69, 9.17) is 17.4 Å². The highest BCUT2D eigenvalue weighted by molar-refractivity contribution is 6.30. The number of likely N-dealkylation sites (N-methyl/N-ethyl adjacent to an activating group) is 1. The zero-order valence-corrected chi connectivity index (χ0v) is 13.5. The van der Waals surface area contributed by atoms with Crippen LogP contribution in [0, 0.1) is 5.82 Å². The van der Waals surface area contributed by atoms with Crippen molar-refractivity contribution in [2.75, 3.05) is 14.1 Å². The van der Waals surface area contributed by atoms with E-state index in [-0.39, 0.29) is 22.4 Å². The molecule has 1 unspecified atom stereocenters. The molecule has 0 saturated heterocycles. The average Bonchev–Trinajstić information content (AvgIpc) is 2.43. The molecule has 0 aromatic heterocycles. The molecule has 0 heterocycles. The Kier molecular flexibility index (Phi) is 6.40. The Morgan fingerprint density at radius 1 is 1.35 bits per heavy atom. The van der Waals surface area contributed by atoms with Crippen LogP contribution in [-0.4, -0.2) is 30.6 Å². The van der Waals surface area contributed by atoms with Gasteiger partial charge in [-0.2, -0.15) is 0 Å². The molecule has 0 saturated carbocycles. The molecule has 0 aliphatic carbocycles. The van der Waals surface area contributed by atoms with Gasteiger partial charge in [-0.1, -0.05) is 31.5 Å². The van der Waals surface area contributed by atoms with Crippen LogP contribution in [0.3, 0.4) is 0 Å². The summed E-state index contributed by atoms with van der Waals surface area (Å²) in [6.45, 7) is 4.30. The van der Waals surface area contributed by atoms with Crippen molar-refractivity contribution in [1.82, 2.24) is 10.3 Å². The van der Waals surface area contributed by atoms with Crippen LogP contribution in [0.1, 0.15) is 32.3 Å². The van der Waals surface area contributed by atoms with E-state index in [1.54, 1.807) is 6.07 Å². The molecule has 0 bridgehead atoms. The van der Waals surface area contributed by atoms with E-state index >= 15 is 0 Å². The number of hydrogen-bond acceptors (Lipinski definition) is 3. The van der Waals surface area contributed by atoms with Crippen molar-refractivity contribution in [3.05, 3.63) is 34.6 Å². The maximum absolute atomic E-state index is 13.6. The molecule has 0 spiro atoms. The van der Waals surface area contributed by atoms with E-state index in [9.17, 15) is 4.39 Å². The first-order chi connectivity index (χ1) is 9.41. The molecular formula is C15H25ClFN3. The predicted molar refractivity (Wildman–Crippen MR) is 83.2 cm³/mol. The normalized spacial score (nSPS) is 13.8. The predicted octanol–water partition coefficient (Wildman–Crippen LogP) is 2.97. The second-order valence-corrected chi connectivity index (χ2v) is 5.78. The average molecular weight is 302 g/mol. The van der Waals surface area contributed by atoms with Gasteiger partial charge < -0.3 is 4.90 Å². The third-order valence-electron chi connectivity index (χ3n) is 4.39. The van der Waals surface area contributed by atoms with E-state index in [2.05, 4.69) is 38.3 Å². The standard InChI is InChI=1S/C15H25ClFN3/c1-5-15(6-2,20(3)4)14(19-18)10-11-7-8-12(16)13(17)9-11/h7-9,14,19H,5-6,10,18H2,1-4H3. The van der Waals surface area contributed by atoms with Gasteiger partial charge in [0.2, 0.25) is 0 Å². The highest BCUT2D eigenvalue weighted by Gasteiger charge is 2.37. The van der Waals surface area contributed by atoms with Gasteiger partial charge in [0.05, 0.1) is 5.02 Å². The van der Waals surface area contributed by atoms with Crippen LogP contribution in [0.15, 0.2) is 18.2 Å². The minimum atomic E-state index is -0.386. The van der Waals surface area contributed by atoms with Gasteiger partial charge in [-0.05, 0) is 51.1 Å². The number of rotatable bonds is 7. The molecule has 0 aliphatic heterocycles. The molecule has 1 atom stereocenters. The summed E-state index contributed by atoms with van der Waals surface area (Å²) in [5.74, 6) is 5.38. The minimum absolute atomic E-state index is 0.0353. The third kappa shape index (κ3) is 3.50. The lowest BCUT2D eigenvalue weighted by molar-refractivity contribution is 0.0882. The monoisotopic (exact) mass is 301 g/mol. The molecule has 3 nitrogen and oxygen atoms in total. The Hall–Kier alpha value is -0.680. The molecule has 3 N–H and O–H groups in total. The first-order valence-corrected chi connectivity index (χ1v) is 7.36. The Morgan fingerprint density at radius 2 is 1.95 bits per heavy atom. The number of benzene rings is 1. The number of nitrogens with two attached hydrogens (primary N) is 1. The maximum Gasteiger partial charge on any atom is 0.142 e. The fraction of sp³-hybridized carbons (Fsp3) is 0.600. The molecule has 1 aromatic rings. The quantitative estimate of drug-likeness (QED) is 0.601. The molecule has 0 fully saturated rings. The SMILES string of the molecule is CCC(CC)(C(Cc1ccc(Cl)c(F)c1)NN)N(C)C. The van der Waals surface area contributed by atoms with Crippen molar-refractivity contribution in [3.8, 4) is 0 Å². The molecule has 20 heavy (non-hydrogen) atoms. The first kappa shape index (κ1) is 17.4. The molecule has 1 rings (SSSR count). The second-order valence-electron chi connectivity index (χ2n) is 5.38. The van der Waals surface area contributed by atoms with Crippen LogP contribution in [0.4, 0.5) is 4.39 Å². The molecule has 0 aliphatic rings. The van der Waals surface area contributed by atoms with Gasteiger partial charge in [-0.3, -0.25) is 11.3 Å². The van der Waals surface area contributed by atoms with Gasteiger partial charge in [0, 0.05) is 11.6 Å². The fourth-order valence-corrected chi connectivity index (χ4v) is 3.11. The topological polar surface area (TPSA) is 41.3 Å². The molecule has 0 radical (unpaired) electrons. The van der Waals surface area contributed by atoms with Crippen molar-refractivity contribution >= 4 is 11.6 Å². The maximum atomic E-state index is 13.6. The summed E-state index contributed by atoms with van der Waals surface area (Å²) in [5.41, 5.74) is 3.74. The van der Waals surface area contributed by atoms with Crippen molar-refractivity contribution in [3.63, 3.8) is 0 Å².